The fourth-order valence-corrected chi connectivity index (χ4v) is 3.20. The fraction of sp³-hybridized carbons (Fsp3) is 0.154. The van der Waals surface area contributed by atoms with E-state index in [0.29, 0.717) is 41.8 Å². The molecule has 0 atom stereocenters. The van der Waals surface area contributed by atoms with Crippen LogP contribution >= 0.6 is 0 Å². The van der Waals surface area contributed by atoms with E-state index in [2.05, 4.69) is 15.6 Å². The molecule has 0 spiro atoms. The second kappa shape index (κ2) is 10.9. The Labute approximate surface area is 197 Å². The van der Waals surface area contributed by atoms with Crippen LogP contribution in [0.1, 0.15) is 5.69 Å². The Morgan fingerprint density at radius 2 is 1.59 bits per heavy atom. The number of urea groups is 1. The Kier molecular flexibility index (Phi) is 7.29. The summed E-state index contributed by atoms with van der Waals surface area (Å²) in [6, 6.07) is 21.6. The second-order valence-corrected chi connectivity index (χ2v) is 7.28. The van der Waals surface area contributed by atoms with Gasteiger partial charge >= 0.3 is 6.03 Å². The summed E-state index contributed by atoms with van der Waals surface area (Å²) in [4.78, 5) is 16.7. The number of hydrogen-bond donors (Lipinski definition) is 2. The van der Waals surface area contributed by atoms with Gasteiger partial charge in [0.2, 0.25) is 5.89 Å². The topological polar surface area (TPSA) is 94.9 Å². The van der Waals surface area contributed by atoms with E-state index in [4.69, 9.17) is 18.6 Å². The van der Waals surface area contributed by atoms with Crippen molar-refractivity contribution in [2.45, 2.75) is 6.42 Å². The van der Waals surface area contributed by atoms with Crippen LogP contribution in [0.25, 0.3) is 11.5 Å². The van der Waals surface area contributed by atoms with Crippen LogP contribution in [0.2, 0.25) is 0 Å². The summed E-state index contributed by atoms with van der Waals surface area (Å²) < 4.78 is 21.8. The van der Waals surface area contributed by atoms with Gasteiger partial charge < -0.3 is 29.3 Å². The normalized spacial score (nSPS) is 10.4. The maximum atomic E-state index is 12.2. The molecule has 0 aliphatic carbocycles. The maximum absolute atomic E-state index is 12.2. The highest BCUT2D eigenvalue weighted by Crippen LogP contribution is 2.31. The lowest BCUT2D eigenvalue weighted by molar-refractivity contribution is 0.252. The molecule has 174 valence electrons. The first-order valence-corrected chi connectivity index (χ1v) is 10.7. The summed E-state index contributed by atoms with van der Waals surface area (Å²) in [5.74, 6) is 3.19. The first-order chi connectivity index (χ1) is 16.6. The molecule has 4 rings (SSSR count). The molecule has 1 aromatic heterocycles. The smallest absolute Gasteiger partial charge is 0.319 e. The number of anilines is 1. The lowest BCUT2D eigenvalue weighted by Crippen LogP contribution is -2.30. The zero-order valence-electron chi connectivity index (χ0n) is 18.9. The third-order valence-corrected chi connectivity index (χ3v) is 4.96. The van der Waals surface area contributed by atoms with E-state index in [1.807, 2.05) is 48.5 Å². The molecule has 8 nitrogen and oxygen atoms in total. The van der Waals surface area contributed by atoms with Crippen LogP contribution < -0.4 is 24.8 Å². The highest BCUT2D eigenvalue weighted by Gasteiger charge is 2.09. The molecule has 8 heteroatoms. The average molecular weight is 460 g/mol. The molecule has 34 heavy (non-hydrogen) atoms. The first-order valence-electron chi connectivity index (χ1n) is 10.7. The highest BCUT2D eigenvalue weighted by atomic mass is 16.5. The number of ether oxygens (including phenoxy) is 3. The van der Waals surface area contributed by atoms with Crippen molar-refractivity contribution < 1.29 is 23.4 Å². The van der Waals surface area contributed by atoms with Gasteiger partial charge in [-0.1, -0.05) is 12.1 Å². The van der Waals surface area contributed by atoms with E-state index in [0.717, 1.165) is 17.0 Å². The predicted molar refractivity (Wildman–Crippen MR) is 129 cm³/mol. The molecule has 2 N–H and O–H groups in total. The Morgan fingerprint density at radius 1 is 0.882 bits per heavy atom. The van der Waals surface area contributed by atoms with Crippen LogP contribution in [0, 0.1) is 0 Å². The van der Waals surface area contributed by atoms with Crippen molar-refractivity contribution in [2.75, 3.05) is 26.1 Å². The van der Waals surface area contributed by atoms with Crippen molar-refractivity contribution in [3.05, 3.63) is 84.8 Å². The van der Waals surface area contributed by atoms with E-state index < -0.39 is 0 Å². The Morgan fingerprint density at radius 3 is 2.29 bits per heavy atom. The largest absolute Gasteiger partial charge is 0.497 e. The van der Waals surface area contributed by atoms with Crippen LogP contribution in [-0.4, -0.2) is 31.8 Å². The van der Waals surface area contributed by atoms with Crippen LogP contribution in [-0.2, 0) is 6.42 Å². The molecule has 0 radical (unpaired) electrons. The van der Waals surface area contributed by atoms with E-state index >= 15 is 0 Å². The van der Waals surface area contributed by atoms with Crippen molar-refractivity contribution >= 4 is 11.7 Å². The summed E-state index contributed by atoms with van der Waals surface area (Å²) in [7, 11) is 3.21. The Hall–Kier alpha value is -4.46. The van der Waals surface area contributed by atoms with Gasteiger partial charge in [-0.25, -0.2) is 9.78 Å². The molecular formula is C26H25N3O5. The fourth-order valence-electron chi connectivity index (χ4n) is 3.20. The van der Waals surface area contributed by atoms with Crippen LogP contribution in [0.3, 0.4) is 0 Å². The average Bonchev–Trinajstić information content (AvgIpc) is 3.34. The van der Waals surface area contributed by atoms with Crippen molar-refractivity contribution in [1.82, 2.24) is 10.3 Å². The molecule has 1 heterocycles. The third-order valence-electron chi connectivity index (χ3n) is 4.96. The number of para-hydroxylation sites is 2. The monoisotopic (exact) mass is 459 g/mol. The van der Waals surface area contributed by atoms with Gasteiger partial charge in [-0.15, -0.1) is 0 Å². The first kappa shape index (κ1) is 22.7. The van der Waals surface area contributed by atoms with Gasteiger partial charge in [0.15, 0.2) is 11.5 Å². The number of nitrogens with one attached hydrogen (secondary N) is 2. The van der Waals surface area contributed by atoms with Gasteiger partial charge in [0.1, 0.15) is 17.8 Å². The van der Waals surface area contributed by atoms with Gasteiger partial charge in [0, 0.05) is 24.2 Å². The number of oxazole rings is 1. The maximum Gasteiger partial charge on any atom is 0.319 e. The van der Waals surface area contributed by atoms with Gasteiger partial charge in [0.05, 0.1) is 19.9 Å². The minimum Gasteiger partial charge on any atom is -0.497 e. The molecular weight excluding hydrogens is 434 g/mol. The van der Waals surface area contributed by atoms with Crippen molar-refractivity contribution in [3.8, 4) is 34.5 Å². The summed E-state index contributed by atoms with van der Waals surface area (Å²) in [6.45, 7) is 0.412. The Bertz CT molecular complexity index is 1220. The van der Waals surface area contributed by atoms with E-state index in [-0.39, 0.29) is 6.03 Å². The minimum atomic E-state index is -0.308. The van der Waals surface area contributed by atoms with E-state index in [1.54, 1.807) is 44.7 Å². The molecule has 0 aliphatic heterocycles. The molecule has 0 saturated carbocycles. The number of benzene rings is 3. The number of nitrogens with zero attached hydrogens (tertiary/aromatic N) is 1. The standard InChI is InChI=1S/C26H25N3O5/c1-31-21-11-7-18(8-12-21)25-28-20(17-33-25)15-16-27-26(30)29-19-9-13-22(14-10-19)34-24-6-4-3-5-23(24)32-2/h3-14,17H,15-16H2,1-2H3,(H2,27,29,30). The number of carbonyl (C=O) groups excluding carboxylic acids is 1. The van der Waals surface area contributed by atoms with Crippen LogP contribution in [0.5, 0.6) is 23.0 Å². The quantitative estimate of drug-likeness (QED) is 0.342. The minimum absolute atomic E-state index is 0.308. The van der Waals surface area contributed by atoms with Gasteiger partial charge in [-0.2, -0.15) is 0 Å². The van der Waals surface area contributed by atoms with E-state index in [1.165, 1.54) is 0 Å². The zero-order chi connectivity index (χ0) is 23.8. The molecule has 3 aromatic carbocycles. The molecule has 0 aliphatic rings. The van der Waals surface area contributed by atoms with Gasteiger partial charge in [-0.05, 0) is 60.7 Å². The molecule has 0 saturated heterocycles. The van der Waals surface area contributed by atoms with Crippen molar-refractivity contribution in [1.29, 1.82) is 0 Å². The second-order valence-electron chi connectivity index (χ2n) is 7.28. The van der Waals surface area contributed by atoms with Crippen LogP contribution in [0.4, 0.5) is 10.5 Å². The number of methoxy groups -OCH3 is 2. The van der Waals surface area contributed by atoms with Crippen molar-refractivity contribution in [3.63, 3.8) is 0 Å². The summed E-state index contributed by atoms with van der Waals surface area (Å²) in [6.07, 6.45) is 2.14. The van der Waals surface area contributed by atoms with Gasteiger partial charge in [-0.3, -0.25) is 0 Å². The van der Waals surface area contributed by atoms with E-state index in [9.17, 15) is 4.79 Å². The lowest BCUT2D eigenvalue weighted by atomic mass is 10.2. The molecule has 0 unspecified atom stereocenters. The zero-order valence-corrected chi connectivity index (χ0v) is 18.9. The van der Waals surface area contributed by atoms with Crippen LogP contribution in [0.15, 0.2) is 83.5 Å². The summed E-state index contributed by atoms with van der Waals surface area (Å²) >= 11 is 0. The lowest BCUT2D eigenvalue weighted by Gasteiger charge is -2.11. The SMILES string of the molecule is COc1ccc(-c2nc(CCNC(=O)Nc3ccc(Oc4ccccc4OC)cc3)co2)cc1. The van der Waals surface area contributed by atoms with Gasteiger partial charge in [0.25, 0.3) is 0 Å². The third kappa shape index (κ3) is 5.86. The predicted octanol–water partition coefficient (Wildman–Crippen LogP) is 5.52. The number of hydrogen-bond acceptors (Lipinski definition) is 6. The number of rotatable bonds is 9. The van der Waals surface area contributed by atoms with Crippen molar-refractivity contribution in [2.24, 2.45) is 0 Å². The molecule has 4 aromatic rings. The summed E-state index contributed by atoms with van der Waals surface area (Å²) in [5, 5.41) is 5.61. The number of amides is 2. The Balaban J connectivity index is 1.24. The molecule has 0 fully saturated rings. The number of carbonyl (C=O) groups is 1. The molecule has 2 amide bonds. The molecule has 0 bridgehead atoms. The summed E-state index contributed by atoms with van der Waals surface area (Å²) in [5.41, 5.74) is 2.26. The number of aromatic nitrogens is 1. The highest BCUT2D eigenvalue weighted by molar-refractivity contribution is 5.89.